The van der Waals surface area contributed by atoms with Crippen LogP contribution in [0.25, 0.3) is 22.3 Å². The molecule has 0 fully saturated rings. The maximum atomic E-state index is 2.70. The van der Waals surface area contributed by atoms with E-state index in [9.17, 15) is 0 Å². The van der Waals surface area contributed by atoms with Gasteiger partial charge in [0.15, 0.2) is 0 Å². The van der Waals surface area contributed by atoms with Gasteiger partial charge >= 0.3 is 0 Å². The van der Waals surface area contributed by atoms with E-state index in [-0.39, 0.29) is 33.8 Å². The Morgan fingerprint density at radius 2 is 0.909 bits per heavy atom. The van der Waals surface area contributed by atoms with Crippen LogP contribution in [-0.2, 0) is 27.1 Å². The minimum atomic E-state index is -0.129. The van der Waals surface area contributed by atoms with E-state index in [1.54, 1.807) is 0 Å². The maximum absolute atomic E-state index is 2.70. The molecule has 2 heterocycles. The Labute approximate surface area is 397 Å². The molecule has 0 aromatic heterocycles. The number of benzene rings is 7. The van der Waals surface area contributed by atoms with Gasteiger partial charge in [-0.1, -0.05) is 187 Å². The maximum Gasteiger partial charge on any atom is 0.252 e. The summed E-state index contributed by atoms with van der Waals surface area (Å²) in [5.41, 5.74) is 24.9. The molecule has 7 aromatic rings. The van der Waals surface area contributed by atoms with E-state index in [1.165, 1.54) is 106 Å². The van der Waals surface area contributed by atoms with Crippen LogP contribution >= 0.6 is 0 Å². The van der Waals surface area contributed by atoms with Gasteiger partial charge in [-0.3, -0.25) is 0 Å². The Morgan fingerprint density at radius 3 is 1.47 bits per heavy atom. The van der Waals surface area contributed by atoms with Crippen molar-refractivity contribution in [2.24, 2.45) is 0 Å². The van der Waals surface area contributed by atoms with Gasteiger partial charge in [-0.05, 0) is 156 Å². The average Bonchev–Trinajstić information content (AvgIpc) is 3.27. The fourth-order valence-corrected chi connectivity index (χ4v) is 11.2. The second-order valence-electron chi connectivity index (χ2n) is 24.2. The van der Waals surface area contributed by atoms with Crippen LogP contribution in [0.4, 0.5) is 34.1 Å². The SMILES string of the molecule is Cc1cc(C(C)(C)C)ccc1N1c2cc(-c3ccccc3)ccc2B2c3cc4c(cc3N(c3ccc(C(C)(C)C)cc3-c3ccccc3)c3cc(C(C)(C)C)cc1c32)C(C)(C)CCC4(C)C. The van der Waals surface area contributed by atoms with Crippen molar-refractivity contribution in [2.75, 3.05) is 9.80 Å². The van der Waals surface area contributed by atoms with Crippen LogP contribution in [0.3, 0.4) is 0 Å². The van der Waals surface area contributed by atoms with Gasteiger partial charge in [-0.25, -0.2) is 0 Å². The monoisotopic (exact) mass is 865 g/mol. The van der Waals surface area contributed by atoms with Gasteiger partial charge in [0.2, 0.25) is 0 Å². The lowest BCUT2D eigenvalue weighted by atomic mass is 9.33. The van der Waals surface area contributed by atoms with Crippen molar-refractivity contribution in [3.05, 3.63) is 173 Å². The topological polar surface area (TPSA) is 6.48 Å². The van der Waals surface area contributed by atoms with Crippen LogP contribution in [0.5, 0.6) is 0 Å². The molecule has 0 saturated carbocycles. The van der Waals surface area contributed by atoms with Crippen molar-refractivity contribution in [1.82, 2.24) is 0 Å². The van der Waals surface area contributed by atoms with Crippen LogP contribution in [-0.4, -0.2) is 6.71 Å². The second-order valence-corrected chi connectivity index (χ2v) is 24.2. The first-order valence-electron chi connectivity index (χ1n) is 24.5. The third-order valence-corrected chi connectivity index (χ3v) is 15.5. The molecule has 2 aliphatic heterocycles. The molecular formula is C63H69BN2. The van der Waals surface area contributed by atoms with E-state index in [2.05, 4.69) is 246 Å². The van der Waals surface area contributed by atoms with Gasteiger partial charge in [0.05, 0.1) is 5.69 Å². The molecule has 66 heavy (non-hydrogen) atoms. The van der Waals surface area contributed by atoms with Crippen LogP contribution in [0.2, 0.25) is 0 Å². The highest BCUT2D eigenvalue weighted by atomic mass is 15.2. The molecule has 7 aromatic carbocycles. The molecule has 0 bridgehead atoms. The standard InChI is InChI=1S/C63H69BN2/c1-40-33-44(59(2,3)4)26-29-52(40)65-54-34-43(41-21-17-15-18-22-41)25-28-50(54)64-51-38-48-49(63(13,14)32-31-62(48,11)12)39-55(51)66(57-37-46(61(8,9)10)36-56(65)58(57)64)53-30-27-45(60(5,6)7)35-47(53)42-23-19-16-20-24-42/h15-30,33-39H,31-32H2,1-14H3. The van der Waals surface area contributed by atoms with Gasteiger partial charge < -0.3 is 9.80 Å². The average molecular weight is 865 g/mol. The Balaban J connectivity index is 1.37. The first-order chi connectivity index (χ1) is 31.0. The van der Waals surface area contributed by atoms with Crippen molar-refractivity contribution in [3.8, 4) is 22.3 Å². The first-order valence-corrected chi connectivity index (χ1v) is 24.5. The Morgan fingerprint density at radius 1 is 0.409 bits per heavy atom. The van der Waals surface area contributed by atoms with Crippen molar-refractivity contribution >= 4 is 57.2 Å². The molecule has 0 unspecified atom stereocenters. The quantitative estimate of drug-likeness (QED) is 0.163. The molecule has 3 heteroatoms. The predicted molar refractivity (Wildman–Crippen MR) is 287 cm³/mol. The lowest BCUT2D eigenvalue weighted by molar-refractivity contribution is 0.332. The van der Waals surface area contributed by atoms with Crippen LogP contribution in [0.1, 0.15) is 136 Å². The zero-order valence-corrected chi connectivity index (χ0v) is 42.2. The molecular weight excluding hydrogens is 796 g/mol. The summed E-state index contributed by atoms with van der Waals surface area (Å²) >= 11 is 0. The highest BCUT2D eigenvalue weighted by Crippen LogP contribution is 2.53. The van der Waals surface area contributed by atoms with E-state index in [1.807, 2.05) is 0 Å². The lowest BCUT2D eigenvalue weighted by Crippen LogP contribution is -2.62. The summed E-state index contributed by atoms with van der Waals surface area (Å²) in [5.74, 6) is 0. The zero-order chi connectivity index (χ0) is 46.9. The third kappa shape index (κ3) is 7.24. The number of hydrogen-bond donors (Lipinski definition) is 0. The number of nitrogens with zero attached hydrogens (tertiary/aromatic N) is 2. The number of hydrogen-bond acceptors (Lipinski definition) is 2. The molecule has 0 spiro atoms. The van der Waals surface area contributed by atoms with Crippen LogP contribution in [0, 0.1) is 6.92 Å². The van der Waals surface area contributed by atoms with E-state index in [0.29, 0.717) is 0 Å². The Bertz CT molecular complexity index is 3040. The molecule has 0 N–H and O–H groups in total. The van der Waals surface area contributed by atoms with Gasteiger partial charge in [-0.2, -0.15) is 0 Å². The number of anilines is 6. The summed E-state index contributed by atoms with van der Waals surface area (Å²) in [6.45, 7) is 33.4. The van der Waals surface area contributed by atoms with Crippen LogP contribution < -0.4 is 26.2 Å². The number of fused-ring (bicyclic) bond motifs is 5. The fourth-order valence-electron chi connectivity index (χ4n) is 11.2. The molecule has 1 aliphatic carbocycles. The van der Waals surface area contributed by atoms with E-state index in [0.717, 1.165) is 12.8 Å². The molecule has 0 atom stereocenters. The van der Waals surface area contributed by atoms with E-state index < -0.39 is 0 Å². The van der Waals surface area contributed by atoms with Crippen molar-refractivity contribution in [2.45, 2.75) is 137 Å². The normalized spacial score (nSPS) is 16.1. The van der Waals surface area contributed by atoms with E-state index in [4.69, 9.17) is 0 Å². The molecule has 2 nitrogen and oxygen atoms in total. The first kappa shape index (κ1) is 44.1. The smallest absolute Gasteiger partial charge is 0.252 e. The minimum Gasteiger partial charge on any atom is -0.311 e. The number of rotatable bonds is 4. The summed E-state index contributed by atoms with van der Waals surface area (Å²) in [5, 5.41) is 0. The predicted octanol–water partition coefficient (Wildman–Crippen LogP) is 15.7. The summed E-state index contributed by atoms with van der Waals surface area (Å²) in [7, 11) is 0. The van der Waals surface area contributed by atoms with Crippen LogP contribution in [0.15, 0.2) is 140 Å². The zero-order valence-electron chi connectivity index (χ0n) is 42.2. The fraction of sp³-hybridized carbons (Fsp3) is 0.333. The van der Waals surface area contributed by atoms with Gasteiger partial charge in [0, 0.05) is 34.0 Å². The molecule has 0 radical (unpaired) electrons. The van der Waals surface area contributed by atoms with Crippen molar-refractivity contribution < 1.29 is 0 Å². The van der Waals surface area contributed by atoms with Crippen molar-refractivity contribution in [3.63, 3.8) is 0 Å². The van der Waals surface area contributed by atoms with Gasteiger partial charge in [0.25, 0.3) is 6.71 Å². The van der Waals surface area contributed by atoms with Gasteiger partial charge in [-0.15, -0.1) is 0 Å². The van der Waals surface area contributed by atoms with E-state index >= 15 is 0 Å². The third-order valence-electron chi connectivity index (χ3n) is 15.5. The van der Waals surface area contributed by atoms with Crippen molar-refractivity contribution in [1.29, 1.82) is 0 Å². The summed E-state index contributed by atoms with van der Waals surface area (Å²) in [4.78, 5) is 5.34. The highest BCUT2D eigenvalue weighted by Gasteiger charge is 2.47. The highest BCUT2D eigenvalue weighted by molar-refractivity contribution is 7.00. The summed E-state index contributed by atoms with van der Waals surface area (Å²) < 4.78 is 0. The van der Waals surface area contributed by atoms with Gasteiger partial charge in [0.1, 0.15) is 0 Å². The summed E-state index contributed by atoms with van der Waals surface area (Å²) in [6.07, 6.45) is 2.32. The number of aryl methyl sites for hydroxylation is 1. The Hall–Kier alpha value is -5.80. The summed E-state index contributed by atoms with van der Waals surface area (Å²) in [6, 6.07) is 54.4. The molecule has 334 valence electrons. The molecule has 3 aliphatic rings. The molecule has 0 amide bonds. The lowest BCUT2D eigenvalue weighted by Gasteiger charge is -2.48. The molecule has 10 rings (SSSR count). The largest absolute Gasteiger partial charge is 0.311 e. The minimum absolute atomic E-state index is 0.0145. The Kier molecular flexibility index (Phi) is 10.1. The second kappa shape index (κ2) is 15.1. The molecule has 0 saturated heterocycles.